The molecule has 0 bridgehead atoms. The van der Waals surface area contributed by atoms with Crippen molar-refractivity contribution < 1.29 is 9.59 Å². The number of aromatic nitrogens is 2. The number of carbonyl (C=O) groups excluding carboxylic acids is 2. The average Bonchev–Trinajstić information content (AvgIpc) is 2.85. The summed E-state index contributed by atoms with van der Waals surface area (Å²) < 4.78 is 0.867. The smallest absolute Gasteiger partial charge is 0.248 e. The molecular formula is C13H14N4O2S2. The summed E-state index contributed by atoms with van der Waals surface area (Å²) in [4.78, 5) is 22.7. The van der Waals surface area contributed by atoms with Gasteiger partial charge in [-0.2, -0.15) is 0 Å². The standard InChI is InChI=1S/C13H14N4O2S2/c1-8-16-17-13(21-8)20-7-6-11(18)15-10-4-2-9(3-5-10)12(14)19/h2-5H,6-7H2,1H3,(H2,14,19)(H,15,18). The number of nitrogens with two attached hydrogens (primary N) is 1. The van der Waals surface area contributed by atoms with Crippen LogP contribution >= 0.6 is 23.1 Å². The predicted molar refractivity (Wildman–Crippen MR) is 83.6 cm³/mol. The van der Waals surface area contributed by atoms with Crippen LogP contribution in [0.25, 0.3) is 0 Å². The molecule has 0 aliphatic carbocycles. The van der Waals surface area contributed by atoms with Crippen molar-refractivity contribution in [3.8, 4) is 0 Å². The van der Waals surface area contributed by atoms with Crippen LogP contribution in [0.2, 0.25) is 0 Å². The lowest BCUT2D eigenvalue weighted by Crippen LogP contribution is -2.13. The fraction of sp³-hybridized carbons (Fsp3) is 0.231. The molecule has 8 heteroatoms. The van der Waals surface area contributed by atoms with Gasteiger partial charge in [0.15, 0.2) is 4.34 Å². The highest BCUT2D eigenvalue weighted by Gasteiger charge is 2.06. The molecule has 0 fully saturated rings. The molecule has 3 N–H and O–H groups in total. The van der Waals surface area contributed by atoms with Crippen LogP contribution in [0.3, 0.4) is 0 Å². The normalized spacial score (nSPS) is 10.3. The van der Waals surface area contributed by atoms with E-state index in [1.54, 1.807) is 24.3 Å². The third-order valence-corrected chi connectivity index (χ3v) is 4.49. The van der Waals surface area contributed by atoms with E-state index < -0.39 is 5.91 Å². The summed E-state index contributed by atoms with van der Waals surface area (Å²) in [6.07, 6.45) is 0.376. The second-order valence-electron chi connectivity index (χ2n) is 4.18. The van der Waals surface area contributed by atoms with Gasteiger partial charge in [-0.3, -0.25) is 9.59 Å². The summed E-state index contributed by atoms with van der Waals surface area (Å²) in [5.74, 6) is 0.0620. The minimum absolute atomic E-state index is 0.0874. The summed E-state index contributed by atoms with van der Waals surface area (Å²) in [7, 11) is 0. The van der Waals surface area contributed by atoms with Crippen LogP contribution in [0.5, 0.6) is 0 Å². The molecule has 0 aliphatic heterocycles. The number of carbonyl (C=O) groups is 2. The quantitative estimate of drug-likeness (QED) is 0.793. The number of anilines is 1. The Labute approximate surface area is 130 Å². The van der Waals surface area contributed by atoms with Gasteiger partial charge in [-0.1, -0.05) is 23.1 Å². The van der Waals surface area contributed by atoms with Crippen LogP contribution in [0.15, 0.2) is 28.6 Å². The molecule has 1 aromatic heterocycles. The third kappa shape index (κ3) is 4.83. The Morgan fingerprint density at radius 1 is 1.29 bits per heavy atom. The largest absolute Gasteiger partial charge is 0.366 e. The molecule has 0 saturated carbocycles. The van der Waals surface area contributed by atoms with Gasteiger partial charge in [-0.15, -0.1) is 10.2 Å². The Kier molecular flexibility index (Phi) is 5.29. The molecule has 0 spiro atoms. The highest BCUT2D eigenvalue weighted by Crippen LogP contribution is 2.22. The van der Waals surface area contributed by atoms with Gasteiger partial charge < -0.3 is 11.1 Å². The number of nitrogens with zero attached hydrogens (tertiary/aromatic N) is 2. The molecule has 0 radical (unpaired) electrons. The monoisotopic (exact) mass is 322 g/mol. The molecule has 0 unspecified atom stereocenters. The number of nitrogens with one attached hydrogen (secondary N) is 1. The second kappa shape index (κ2) is 7.19. The van der Waals surface area contributed by atoms with Crippen LogP contribution in [-0.4, -0.2) is 27.8 Å². The first kappa shape index (κ1) is 15.5. The van der Waals surface area contributed by atoms with E-state index in [0.717, 1.165) is 9.35 Å². The Bertz CT molecular complexity index is 640. The van der Waals surface area contributed by atoms with Crippen molar-refractivity contribution in [2.45, 2.75) is 17.7 Å². The van der Waals surface area contributed by atoms with Gasteiger partial charge in [0.25, 0.3) is 0 Å². The minimum atomic E-state index is -0.489. The Hall–Kier alpha value is -1.93. The average molecular weight is 322 g/mol. The lowest BCUT2D eigenvalue weighted by molar-refractivity contribution is -0.115. The van der Waals surface area contributed by atoms with Crippen molar-refractivity contribution in [1.29, 1.82) is 0 Å². The van der Waals surface area contributed by atoms with E-state index in [1.807, 2.05) is 6.92 Å². The molecule has 21 heavy (non-hydrogen) atoms. The first-order valence-corrected chi connectivity index (χ1v) is 7.97. The van der Waals surface area contributed by atoms with Crippen molar-refractivity contribution in [3.63, 3.8) is 0 Å². The van der Waals surface area contributed by atoms with Crippen LogP contribution in [0.1, 0.15) is 21.8 Å². The maximum absolute atomic E-state index is 11.8. The van der Waals surface area contributed by atoms with Gasteiger partial charge in [-0.05, 0) is 31.2 Å². The summed E-state index contributed by atoms with van der Waals surface area (Å²) in [5.41, 5.74) is 6.20. The van der Waals surface area contributed by atoms with E-state index in [0.29, 0.717) is 23.4 Å². The SMILES string of the molecule is Cc1nnc(SCCC(=O)Nc2ccc(C(N)=O)cc2)s1. The zero-order chi connectivity index (χ0) is 15.2. The minimum Gasteiger partial charge on any atom is -0.366 e. The van der Waals surface area contributed by atoms with E-state index in [1.165, 1.54) is 23.1 Å². The number of primary amides is 1. The second-order valence-corrected chi connectivity index (χ2v) is 6.70. The summed E-state index contributed by atoms with van der Waals surface area (Å²) in [5, 5.41) is 11.6. The molecule has 0 atom stereocenters. The lowest BCUT2D eigenvalue weighted by atomic mass is 10.2. The van der Waals surface area contributed by atoms with Gasteiger partial charge in [-0.25, -0.2) is 0 Å². The van der Waals surface area contributed by atoms with Crippen LogP contribution in [-0.2, 0) is 4.79 Å². The van der Waals surface area contributed by atoms with E-state index in [2.05, 4.69) is 15.5 Å². The Morgan fingerprint density at radius 2 is 2.00 bits per heavy atom. The fourth-order valence-corrected chi connectivity index (χ4v) is 3.33. The topological polar surface area (TPSA) is 98.0 Å². The zero-order valence-electron chi connectivity index (χ0n) is 11.3. The number of hydrogen-bond donors (Lipinski definition) is 2. The molecule has 1 heterocycles. The van der Waals surface area contributed by atoms with Crippen molar-refractivity contribution in [2.24, 2.45) is 5.73 Å². The molecule has 0 aliphatic rings. The molecule has 2 amide bonds. The van der Waals surface area contributed by atoms with E-state index in [9.17, 15) is 9.59 Å². The first-order valence-electron chi connectivity index (χ1n) is 6.17. The number of amides is 2. The van der Waals surface area contributed by atoms with Crippen LogP contribution in [0.4, 0.5) is 5.69 Å². The maximum atomic E-state index is 11.8. The van der Waals surface area contributed by atoms with E-state index >= 15 is 0 Å². The molecular weight excluding hydrogens is 308 g/mol. The molecule has 0 saturated heterocycles. The van der Waals surface area contributed by atoms with E-state index in [4.69, 9.17) is 5.73 Å². The maximum Gasteiger partial charge on any atom is 0.248 e. The third-order valence-electron chi connectivity index (χ3n) is 2.52. The molecule has 2 aromatic rings. The first-order chi connectivity index (χ1) is 10.0. The van der Waals surface area contributed by atoms with Crippen molar-refractivity contribution in [1.82, 2.24) is 10.2 Å². The van der Waals surface area contributed by atoms with Gasteiger partial charge in [0.05, 0.1) is 0 Å². The fourth-order valence-electron chi connectivity index (χ4n) is 1.51. The Balaban J connectivity index is 1.77. The molecule has 6 nitrogen and oxygen atoms in total. The van der Waals surface area contributed by atoms with Crippen molar-refractivity contribution in [3.05, 3.63) is 34.8 Å². The van der Waals surface area contributed by atoms with E-state index in [-0.39, 0.29) is 5.91 Å². The summed E-state index contributed by atoms with van der Waals surface area (Å²) in [6, 6.07) is 6.46. The summed E-state index contributed by atoms with van der Waals surface area (Å²) >= 11 is 3.02. The van der Waals surface area contributed by atoms with Gasteiger partial charge in [0.1, 0.15) is 5.01 Å². The number of aryl methyl sites for hydroxylation is 1. The van der Waals surface area contributed by atoms with Crippen molar-refractivity contribution >= 4 is 40.6 Å². The highest BCUT2D eigenvalue weighted by molar-refractivity contribution is 8.01. The van der Waals surface area contributed by atoms with Gasteiger partial charge in [0.2, 0.25) is 11.8 Å². The number of rotatable bonds is 6. The van der Waals surface area contributed by atoms with Crippen LogP contribution < -0.4 is 11.1 Å². The lowest BCUT2D eigenvalue weighted by Gasteiger charge is -2.05. The zero-order valence-corrected chi connectivity index (χ0v) is 13.0. The number of thioether (sulfide) groups is 1. The molecule has 2 rings (SSSR count). The predicted octanol–water partition coefficient (Wildman–Crippen LogP) is 2.07. The van der Waals surface area contributed by atoms with Crippen LogP contribution in [0, 0.1) is 6.92 Å². The highest BCUT2D eigenvalue weighted by atomic mass is 32.2. The molecule has 1 aromatic carbocycles. The van der Waals surface area contributed by atoms with Gasteiger partial charge >= 0.3 is 0 Å². The number of benzene rings is 1. The molecule has 110 valence electrons. The van der Waals surface area contributed by atoms with Crippen molar-refractivity contribution in [2.75, 3.05) is 11.1 Å². The summed E-state index contributed by atoms with van der Waals surface area (Å²) in [6.45, 7) is 1.89. The number of hydrogen-bond acceptors (Lipinski definition) is 6. The van der Waals surface area contributed by atoms with Gasteiger partial charge in [0, 0.05) is 23.4 Å². The Morgan fingerprint density at radius 3 is 2.57 bits per heavy atom.